The van der Waals surface area contributed by atoms with Crippen molar-refractivity contribution in [1.29, 1.82) is 0 Å². The zero-order valence-electron chi connectivity index (χ0n) is 13.1. The highest BCUT2D eigenvalue weighted by atomic mass is 35.5. The number of carbonyl (C=O) groups excluding carboxylic acids is 1. The first-order valence-corrected chi connectivity index (χ1v) is 8.11. The maximum atomic E-state index is 12.5. The molecule has 0 aliphatic carbocycles. The zero-order chi connectivity index (χ0) is 16.2. The van der Waals surface area contributed by atoms with Gasteiger partial charge in [0.1, 0.15) is 18.7 Å². The Balaban J connectivity index is 1.53. The van der Waals surface area contributed by atoms with Gasteiger partial charge in [0.15, 0.2) is 0 Å². The van der Waals surface area contributed by atoms with E-state index in [9.17, 15) is 4.79 Å². The van der Waals surface area contributed by atoms with Gasteiger partial charge in [-0.3, -0.25) is 9.69 Å². The average molecular weight is 334 g/mol. The van der Waals surface area contributed by atoms with E-state index in [2.05, 4.69) is 21.0 Å². The van der Waals surface area contributed by atoms with Crippen LogP contribution in [0, 0.1) is 0 Å². The van der Waals surface area contributed by atoms with Gasteiger partial charge < -0.3 is 4.90 Å². The monoisotopic (exact) mass is 333 g/mol. The summed E-state index contributed by atoms with van der Waals surface area (Å²) >= 11 is 6.03. The molecule has 0 radical (unpaired) electrons. The molecule has 1 aliphatic rings. The van der Waals surface area contributed by atoms with Gasteiger partial charge in [0.25, 0.3) is 0 Å². The maximum Gasteiger partial charge on any atom is 0.247 e. The van der Waals surface area contributed by atoms with Crippen molar-refractivity contribution in [3.63, 3.8) is 0 Å². The minimum absolute atomic E-state index is 0.0953. The number of benzene rings is 1. The van der Waals surface area contributed by atoms with E-state index in [1.807, 2.05) is 30.0 Å². The second kappa shape index (κ2) is 7.10. The van der Waals surface area contributed by atoms with Gasteiger partial charge in [-0.1, -0.05) is 23.7 Å². The number of aromatic nitrogens is 3. The van der Waals surface area contributed by atoms with E-state index in [4.69, 9.17) is 11.6 Å². The van der Waals surface area contributed by atoms with Crippen molar-refractivity contribution in [2.75, 3.05) is 26.2 Å². The van der Waals surface area contributed by atoms with Crippen LogP contribution in [0.4, 0.5) is 0 Å². The van der Waals surface area contributed by atoms with E-state index in [-0.39, 0.29) is 11.9 Å². The summed E-state index contributed by atoms with van der Waals surface area (Å²) in [6, 6.07) is 7.61. The molecule has 0 unspecified atom stereocenters. The van der Waals surface area contributed by atoms with Gasteiger partial charge >= 0.3 is 0 Å². The van der Waals surface area contributed by atoms with Gasteiger partial charge in [0.05, 0.1) is 0 Å². The minimum atomic E-state index is -0.308. The summed E-state index contributed by atoms with van der Waals surface area (Å²) in [6.45, 7) is 5.91. The van der Waals surface area contributed by atoms with E-state index >= 15 is 0 Å². The molecule has 23 heavy (non-hydrogen) atoms. The first kappa shape index (κ1) is 16.0. The number of halogens is 1. The fourth-order valence-electron chi connectivity index (χ4n) is 2.81. The van der Waals surface area contributed by atoms with Crippen LogP contribution in [0.2, 0.25) is 5.02 Å². The number of piperazine rings is 1. The molecule has 1 atom stereocenters. The zero-order valence-corrected chi connectivity index (χ0v) is 13.9. The molecule has 1 amide bonds. The van der Waals surface area contributed by atoms with Crippen LogP contribution in [0.15, 0.2) is 36.9 Å². The third-order valence-electron chi connectivity index (χ3n) is 4.17. The van der Waals surface area contributed by atoms with E-state index in [1.54, 1.807) is 11.0 Å². The number of amides is 1. The van der Waals surface area contributed by atoms with Crippen molar-refractivity contribution in [2.45, 2.75) is 19.5 Å². The summed E-state index contributed by atoms with van der Waals surface area (Å²) in [4.78, 5) is 20.7. The van der Waals surface area contributed by atoms with Crippen LogP contribution in [-0.4, -0.2) is 56.7 Å². The molecule has 0 saturated carbocycles. The average Bonchev–Trinajstić information content (AvgIpc) is 3.09. The molecule has 7 heteroatoms. The van der Waals surface area contributed by atoms with Crippen LogP contribution >= 0.6 is 11.6 Å². The standard InChI is InChI=1S/C16H20ClN5O/c1-13(22-12-18-11-19-22)16(23)21-7-5-20(6-8-21)10-14-3-2-4-15(17)9-14/h2-4,9,11-13H,5-8,10H2,1H3/t13-/m0/s1. The predicted molar refractivity (Wildman–Crippen MR) is 88.0 cm³/mol. The Hall–Kier alpha value is -1.92. The molecule has 1 fully saturated rings. The van der Waals surface area contributed by atoms with Crippen LogP contribution in [0.25, 0.3) is 0 Å². The van der Waals surface area contributed by atoms with Gasteiger partial charge in [-0.25, -0.2) is 9.67 Å². The molecule has 0 spiro atoms. The topological polar surface area (TPSA) is 54.3 Å². The Kier molecular flexibility index (Phi) is 4.93. The van der Waals surface area contributed by atoms with Crippen molar-refractivity contribution in [3.8, 4) is 0 Å². The number of hydrogen-bond donors (Lipinski definition) is 0. The number of rotatable bonds is 4. The second-order valence-corrected chi connectivity index (χ2v) is 6.22. The number of hydrogen-bond acceptors (Lipinski definition) is 4. The summed E-state index contributed by atoms with van der Waals surface area (Å²) in [5, 5.41) is 4.81. The Morgan fingerprint density at radius 3 is 2.74 bits per heavy atom. The van der Waals surface area contributed by atoms with E-state index in [0.29, 0.717) is 0 Å². The molecular formula is C16H20ClN5O. The van der Waals surface area contributed by atoms with Crippen LogP contribution in [0.1, 0.15) is 18.5 Å². The summed E-state index contributed by atoms with van der Waals surface area (Å²) in [7, 11) is 0. The largest absolute Gasteiger partial charge is 0.338 e. The minimum Gasteiger partial charge on any atom is -0.338 e. The lowest BCUT2D eigenvalue weighted by atomic mass is 10.2. The summed E-state index contributed by atoms with van der Waals surface area (Å²) < 4.78 is 1.60. The number of nitrogens with zero attached hydrogens (tertiary/aromatic N) is 5. The molecule has 0 N–H and O–H groups in total. The fourth-order valence-corrected chi connectivity index (χ4v) is 3.03. The van der Waals surface area contributed by atoms with E-state index < -0.39 is 0 Å². The Labute approximate surface area is 140 Å². The molecule has 2 aromatic rings. The number of carbonyl (C=O) groups is 1. The molecular weight excluding hydrogens is 314 g/mol. The van der Waals surface area contributed by atoms with Gasteiger partial charge in [-0.15, -0.1) is 0 Å². The molecule has 2 heterocycles. The van der Waals surface area contributed by atoms with Gasteiger partial charge in [0, 0.05) is 37.7 Å². The van der Waals surface area contributed by atoms with Crippen LogP contribution < -0.4 is 0 Å². The van der Waals surface area contributed by atoms with Crippen LogP contribution in [-0.2, 0) is 11.3 Å². The quantitative estimate of drug-likeness (QED) is 0.856. The van der Waals surface area contributed by atoms with Crippen LogP contribution in [0.3, 0.4) is 0 Å². The smallest absolute Gasteiger partial charge is 0.247 e. The molecule has 6 nitrogen and oxygen atoms in total. The highest BCUT2D eigenvalue weighted by Crippen LogP contribution is 2.15. The molecule has 122 valence electrons. The molecule has 1 aromatic carbocycles. The van der Waals surface area contributed by atoms with Crippen molar-refractivity contribution in [3.05, 3.63) is 47.5 Å². The normalized spacial score (nSPS) is 17.2. The van der Waals surface area contributed by atoms with Crippen molar-refractivity contribution in [1.82, 2.24) is 24.6 Å². The molecule has 3 rings (SSSR count). The first-order valence-electron chi connectivity index (χ1n) is 7.73. The van der Waals surface area contributed by atoms with E-state index in [0.717, 1.165) is 37.7 Å². The second-order valence-electron chi connectivity index (χ2n) is 5.78. The maximum absolute atomic E-state index is 12.5. The van der Waals surface area contributed by atoms with Crippen LogP contribution in [0.5, 0.6) is 0 Å². The van der Waals surface area contributed by atoms with Crippen molar-refractivity contribution < 1.29 is 4.79 Å². The molecule has 1 aliphatic heterocycles. The molecule has 1 saturated heterocycles. The lowest BCUT2D eigenvalue weighted by Gasteiger charge is -2.35. The molecule has 0 bridgehead atoms. The predicted octanol–water partition coefficient (Wildman–Crippen LogP) is 1.84. The van der Waals surface area contributed by atoms with Crippen molar-refractivity contribution in [2.24, 2.45) is 0 Å². The summed E-state index contributed by atoms with van der Waals surface area (Å²) in [6.07, 6.45) is 3.03. The summed E-state index contributed by atoms with van der Waals surface area (Å²) in [5.74, 6) is 0.0953. The van der Waals surface area contributed by atoms with Gasteiger partial charge in [-0.2, -0.15) is 5.10 Å². The molecule has 1 aromatic heterocycles. The summed E-state index contributed by atoms with van der Waals surface area (Å²) in [5.41, 5.74) is 1.20. The Morgan fingerprint density at radius 1 is 1.30 bits per heavy atom. The van der Waals surface area contributed by atoms with E-state index in [1.165, 1.54) is 11.9 Å². The Morgan fingerprint density at radius 2 is 2.09 bits per heavy atom. The van der Waals surface area contributed by atoms with Gasteiger partial charge in [0.2, 0.25) is 5.91 Å². The van der Waals surface area contributed by atoms with Crippen molar-refractivity contribution >= 4 is 17.5 Å². The lowest BCUT2D eigenvalue weighted by molar-refractivity contribution is -0.136. The highest BCUT2D eigenvalue weighted by molar-refractivity contribution is 6.30. The Bertz CT molecular complexity index is 652. The lowest BCUT2D eigenvalue weighted by Crippen LogP contribution is -2.49. The third kappa shape index (κ3) is 3.89. The third-order valence-corrected chi connectivity index (χ3v) is 4.41. The highest BCUT2D eigenvalue weighted by Gasteiger charge is 2.26. The SMILES string of the molecule is C[C@@H](C(=O)N1CCN(Cc2cccc(Cl)c2)CC1)n1cncn1. The van der Waals surface area contributed by atoms with Gasteiger partial charge in [-0.05, 0) is 24.6 Å². The fraction of sp³-hybridized carbons (Fsp3) is 0.438. The first-order chi connectivity index (χ1) is 11.1.